The van der Waals surface area contributed by atoms with Gasteiger partial charge in [-0.05, 0) is 31.2 Å². The van der Waals surface area contributed by atoms with Gasteiger partial charge in [0.15, 0.2) is 11.6 Å². The minimum Gasteiger partial charge on any atom is -0.453 e. The highest BCUT2D eigenvalue weighted by atomic mass is 35.5. The molecule has 0 aliphatic carbocycles. The minimum atomic E-state index is -4.72. The lowest BCUT2D eigenvalue weighted by molar-refractivity contribution is -0.137. The molecule has 1 unspecified atom stereocenters. The van der Waals surface area contributed by atoms with Crippen molar-refractivity contribution in [2.24, 2.45) is 0 Å². The number of nitrogens with one attached hydrogen (secondary N) is 1. The van der Waals surface area contributed by atoms with Crippen LogP contribution < -0.4 is 15.8 Å². The SMILES string of the molecule is CC(CO)Nc1cc(Oc2c(F)cc(C(F)(F)F)cc2Cl)ccc1N. The van der Waals surface area contributed by atoms with Gasteiger partial charge in [-0.1, -0.05) is 11.6 Å². The van der Waals surface area contributed by atoms with Crippen molar-refractivity contribution in [2.45, 2.75) is 19.1 Å². The van der Waals surface area contributed by atoms with Crippen molar-refractivity contribution in [3.05, 3.63) is 46.7 Å². The first-order chi connectivity index (χ1) is 11.6. The number of nitrogens with two attached hydrogens (primary N) is 1. The van der Waals surface area contributed by atoms with Gasteiger partial charge in [0.05, 0.1) is 28.6 Å². The van der Waals surface area contributed by atoms with Gasteiger partial charge in [0.25, 0.3) is 0 Å². The maximum Gasteiger partial charge on any atom is 0.416 e. The molecule has 0 aliphatic rings. The monoisotopic (exact) mass is 378 g/mol. The van der Waals surface area contributed by atoms with Gasteiger partial charge in [-0.25, -0.2) is 4.39 Å². The normalized spacial score (nSPS) is 12.8. The van der Waals surface area contributed by atoms with Crippen LogP contribution in [-0.4, -0.2) is 17.8 Å². The molecule has 136 valence electrons. The maximum atomic E-state index is 14.0. The predicted molar refractivity (Wildman–Crippen MR) is 87.5 cm³/mol. The first kappa shape index (κ1) is 19.1. The number of nitrogen functional groups attached to an aromatic ring is 1. The number of aliphatic hydroxyl groups excluding tert-OH is 1. The third-order valence-corrected chi connectivity index (χ3v) is 3.53. The number of aliphatic hydroxyl groups is 1. The van der Waals surface area contributed by atoms with E-state index in [2.05, 4.69) is 5.32 Å². The van der Waals surface area contributed by atoms with Gasteiger partial charge in [-0.2, -0.15) is 13.2 Å². The largest absolute Gasteiger partial charge is 0.453 e. The van der Waals surface area contributed by atoms with Crippen molar-refractivity contribution < 1.29 is 27.4 Å². The van der Waals surface area contributed by atoms with E-state index in [0.29, 0.717) is 23.5 Å². The van der Waals surface area contributed by atoms with Crippen LogP contribution in [-0.2, 0) is 6.18 Å². The molecule has 2 aromatic carbocycles. The summed E-state index contributed by atoms with van der Waals surface area (Å²) in [6.45, 7) is 1.56. The Morgan fingerprint density at radius 1 is 1.28 bits per heavy atom. The van der Waals surface area contributed by atoms with Crippen molar-refractivity contribution in [3.8, 4) is 11.5 Å². The fourth-order valence-electron chi connectivity index (χ4n) is 1.97. The molecule has 0 saturated heterocycles. The molecule has 0 amide bonds. The van der Waals surface area contributed by atoms with E-state index in [4.69, 9.17) is 27.2 Å². The van der Waals surface area contributed by atoms with Crippen molar-refractivity contribution in [1.82, 2.24) is 0 Å². The Balaban J connectivity index is 2.32. The summed E-state index contributed by atoms with van der Waals surface area (Å²) < 4.78 is 57.2. The third-order valence-electron chi connectivity index (χ3n) is 3.25. The molecule has 0 spiro atoms. The van der Waals surface area contributed by atoms with Gasteiger partial charge in [-0.3, -0.25) is 0 Å². The summed E-state index contributed by atoms with van der Waals surface area (Å²) >= 11 is 5.73. The number of alkyl halides is 3. The fourth-order valence-corrected chi connectivity index (χ4v) is 2.22. The van der Waals surface area contributed by atoms with Crippen molar-refractivity contribution in [1.29, 1.82) is 0 Å². The molecule has 25 heavy (non-hydrogen) atoms. The Bertz CT molecular complexity index is 745. The predicted octanol–water partition coefficient (Wildman–Crippen LogP) is 4.67. The second-order valence-electron chi connectivity index (χ2n) is 5.35. The lowest BCUT2D eigenvalue weighted by atomic mass is 10.2. The van der Waals surface area contributed by atoms with Crippen LogP contribution in [0.15, 0.2) is 30.3 Å². The van der Waals surface area contributed by atoms with Crippen LogP contribution in [0.25, 0.3) is 0 Å². The van der Waals surface area contributed by atoms with E-state index in [0.717, 1.165) is 0 Å². The van der Waals surface area contributed by atoms with E-state index in [1.54, 1.807) is 6.92 Å². The molecule has 2 rings (SSSR count). The first-order valence-corrected chi connectivity index (χ1v) is 7.50. The molecule has 2 aromatic rings. The summed E-state index contributed by atoms with van der Waals surface area (Å²) in [6.07, 6.45) is -4.72. The summed E-state index contributed by atoms with van der Waals surface area (Å²) in [5.41, 5.74) is 5.35. The molecular weight excluding hydrogens is 364 g/mol. The van der Waals surface area contributed by atoms with E-state index in [1.165, 1.54) is 18.2 Å². The van der Waals surface area contributed by atoms with Gasteiger partial charge in [-0.15, -0.1) is 0 Å². The zero-order valence-corrected chi connectivity index (χ0v) is 13.7. The zero-order chi connectivity index (χ0) is 18.8. The quantitative estimate of drug-likeness (QED) is 0.522. The second-order valence-corrected chi connectivity index (χ2v) is 5.75. The Morgan fingerprint density at radius 3 is 2.52 bits per heavy atom. The van der Waals surface area contributed by atoms with Crippen molar-refractivity contribution in [2.75, 3.05) is 17.7 Å². The molecule has 0 saturated carbocycles. The number of ether oxygens (including phenoxy) is 1. The summed E-state index contributed by atoms with van der Waals surface area (Å²) in [7, 11) is 0. The van der Waals surface area contributed by atoms with E-state index in [1.807, 2.05) is 0 Å². The summed E-state index contributed by atoms with van der Waals surface area (Å²) in [5.74, 6) is -1.65. The molecule has 9 heteroatoms. The number of hydrogen-bond donors (Lipinski definition) is 3. The van der Waals surface area contributed by atoms with Crippen molar-refractivity contribution >= 4 is 23.0 Å². The molecule has 1 atom stereocenters. The van der Waals surface area contributed by atoms with Crippen LogP contribution in [0.3, 0.4) is 0 Å². The summed E-state index contributed by atoms with van der Waals surface area (Å²) in [5, 5.41) is 11.5. The molecule has 4 nitrogen and oxygen atoms in total. The highest BCUT2D eigenvalue weighted by Gasteiger charge is 2.32. The fraction of sp³-hybridized carbons (Fsp3) is 0.250. The van der Waals surface area contributed by atoms with Gasteiger partial charge in [0.1, 0.15) is 5.75 Å². The number of rotatable bonds is 5. The van der Waals surface area contributed by atoms with Gasteiger partial charge >= 0.3 is 6.18 Å². The van der Waals surface area contributed by atoms with Gasteiger partial charge < -0.3 is 20.9 Å². The second kappa shape index (κ2) is 7.37. The molecule has 0 heterocycles. The van der Waals surface area contributed by atoms with Crippen LogP contribution in [0.2, 0.25) is 5.02 Å². The van der Waals surface area contributed by atoms with Crippen LogP contribution in [0.5, 0.6) is 11.5 Å². The highest BCUT2D eigenvalue weighted by Crippen LogP contribution is 2.39. The van der Waals surface area contributed by atoms with Crippen LogP contribution in [0.4, 0.5) is 28.9 Å². The molecule has 0 bridgehead atoms. The number of anilines is 2. The van der Waals surface area contributed by atoms with Crippen LogP contribution >= 0.6 is 11.6 Å². The van der Waals surface area contributed by atoms with E-state index >= 15 is 0 Å². The summed E-state index contributed by atoms with van der Waals surface area (Å²) in [6, 6.07) is 4.91. The molecule has 0 fully saturated rings. The average molecular weight is 379 g/mol. The Morgan fingerprint density at radius 2 is 1.96 bits per heavy atom. The first-order valence-electron chi connectivity index (χ1n) is 7.13. The van der Waals surface area contributed by atoms with Gasteiger partial charge in [0, 0.05) is 12.1 Å². The van der Waals surface area contributed by atoms with Crippen LogP contribution in [0.1, 0.15) is 12.5 Å². The van der Waals surface area contributed by atoms with E-state index < -0.39 is 28.3 Å². The van der Waals surface area contributed by atoms with Crippen molar-refractivity contribution in [3.63, 3.8) is 0 Å². The topological polar surface area (TPSA) is 67.5 Å². The Hall–Kier alpha value is -2.19. The van der Waals surface area contributed by atoms with Crippen LogP contribution in [0, 0.1) is 5.82 Å². The molecule has 4 N–H and O–H groups in total. The summed E-state index contributed by atoms with van der Waals surface area (Å²) in [4.78, 5) is 0. The molecule has 0 aromatic heterocycles. The standard InChI is InChI=1S/C16H15ClF4N2O2/c1-8(7-24)23-14-6-10(2-3-13(14)22)25-15-11(17)4-9(5-12(15)18)16(19,20)21/h2-6,8,23-24H,7,22H2,1H3. The van der Waals surface area contributed by atoms with Gasteiger partial charge in [0.2, 0.25) is 0 Å². The number of benzene rings is 2. The number of hydrogen-bond acceptors (Lipinski definition) is 4. The Kier molecular flexibility index (Phi) is 5.64. The number of halogens is 5. The Labute approximate surface area is 146 Å². The maximum absolute atomic E-state index is 14.0. The average Bonchev–Trinajstić information content (AvgIpc) is 2.52. The zero-order valence-electron chi connectivity index (χ0n) is 13.0. The lowest BCUT2D eigenvalue weighted by Gasteiger charge is -2.16. The lowest BCUT2D eigenvalue weighted by Crippen LogP contribution is -2.20. The molecule has 0 radical (unpaired) electrons. The van der Waals surface area contributed by atoms with E-state index in [-0.39, 0.29) is 18.4 Å². The van der Waals surface area contributed by atoms with E-state index in [9.17, 15) is 17.6 Å². The molecular formula is C16H15ClF4N2O2. The highest BCUT2D eigenvalue weighted by molar-refractivity contribution is 6.32. The smallest absolute Gasteiger partial charge is 0.416 e. The third kappa shape index (κ3) is 4.67. The minimum absolute atomic E-state index is 0.113. The molecule has 0 aliphatic heterocycles.